The van der Waals surface area contributed by atoms with E-state index in [4.69, 9.17) is 8.94 Å². The Labute approximate surface area is 111 Å². The number of furan rings is 1. The number of aromatic nitrogens is 1. The molecule has 5 nitrogen and oxygen atoms in total. The Hall–Kier alpha value is -2.04. The fraction of sp³-hybridized carbons (Fsp3) is 0.429. The van der Waals surface area contributed by atoms with Gasteiger partial charge in [-0.1, -0.05) is 5.16 Å². The summed E-state index contributed by atoms with van der Waals surface area (Å²) >= 11 is 0. The van der Waals surface area contributed by atoms with E-state index in [9.17, 15) is 4.79 Å². The van der Waals surface area contributed by atoms with Crippen LogP contribution in [0.3, 0.4) is 0 Å². The largest absolute Gasteiger partial charge is 0.464 e. The summed E-state index contributed by atoms with van der Waals surface area (Å²) in [5, 5.41) is 3.85. The van der Waals surface area contributed by atoms with E-state index in [0.717, 1.165) is 30.1 Å². The van der Waals surface area contributed by atoms with E-state index in [1.165, 1.54) is 0 Å². The zero-order valence-corrected chi connectivity index (χ0v) is 11.0. The molecule has 0 bridgehead atoms. The molecule has 1 amide bonds. The molecule has 0 radical (unpaired) electrons. The van der Waals surface area contributed by atoms with Crippen LogP contribution in [0.25, 0.3) is 0 Å². The minimum absolute atomic E-state index is 0.148. The summed E-state index contributed by atoms with van der Waals surface area (Å²) in [6.45, 7) is 2.31. The molecular formula is C14H16N2O3. The molecule has 1 aliphatic rings. The van der Waals surface area contributed by atoms with E-state index < -0.39 is 0 Å². The molecule has 100 valence electrons. The highest BCUT2D eigenvalue weighted by Crippen LogP contribution is 2.40. The quantitative estimate of drug-likeness (QED) is 0.848. The van der Waals surface area contributed by atoms with Crippen LogP contribution in [0, 0.1) is 6.92 Å². The minimum atomic E-state index is -0.148. The second-order valence-electron chi connectivity index (χ2n) is 5.06. The number of hydrogen-bond acceptors (Lipinski definition) is 4. The monoisotopic (exact) mass is 260 g/mol. The number of rotatable bonds is 4. The van der Waals surface area contributed by atoms with Crippen molar-refractivity contribution in [1.29, 1.82) is 0 Å². The molecule has 0 saturated heterocycles. The molecule has 0 unspecified atom stereocenters. The molecule has 2 aromatic rings. The second-order valence-corrected chi connectivity index (χ2v) is 5.06. The van der Waals surface area contributed by atoms with Gasteiger partial charge in [0.05, 0.1) is 6.54 Å². The van der Waals surface area contributed by atoms with E-state index in [1.807, 2.05) is 19.1 Å². The van der Waals surface area contributed by atoms with Gasteiger partial charge in [0, 0.05) is 19.0 Å². The van der Waals surface area contributed by atoms with E-state index in [-0.39, 0.29) is 5.91 Å². The summed E-state index contributed by atoms with van der Waals surface area (Å²) in [6, 6.07) is 5.51. The molecule has 1 aliphatic carbocycles. The lowest BCUT2D eigenvalue weighted by Crippen LogP contribution is -2.26. The van der Waals surface area contributed by atoms with Crippen LogP contribution in [-0.2, 0) is 6.54 Å². The van der Waals surface area contributed by atoms with Gasteiger partial charge < -0.3 is 13.8 Å². The van der Waals surface area contributed by atoms with Crippen molar-refractivity contribution in [3.63, 3.8) is 0 Å². The maximum absolute atomic E-state index is 12.2. The molecular weight excluding hydrogens is 244 g/mol. The van der Waals surface area contributed by atoms with Crippen LogP contribution in [0.1, 0.15) is 46.5 Å². The highest BCUT2D eigenvalue weighted by molar-refractivity contribution is 5.92. The summed E-state index contributed by atoms with van der Waals surface area (Å²) < 4.78 is 10.6. The zero-order valence-electron chi connectivity index (χ0n) is 11.0. The van der Waals surface area contributed by atoms with Crippen LogP contribution in [-0.4, -0.2) is 23.0 Å². The van der Waals surface area contributed by atoms with E-state index >= 15 is 0 Å². The lowest BCUT2D eigenvalue weighted by Gasteiger charge is -2.13. The van der Waals surface area contributed by atoms with Crippen LogP contribution in [0.15, 0.2) is 27.1 Å². The molecule has 0 N–H and O–H groups in total. The molecule has 0 aliphatic heterocycles. The van der Waals surface area contributed by atoms with E-state index in [0.29, 0.717) is 18.2 Å². The lowest BCUT2D eigenvalue weighted by molar-refractivity contribution is 0.0764. The van der Waals surface area contributed by atoms with Crippen LogP contribution in [0.2, 0.25) is 0 Å². The molecule has 0 atom stereocenters. The van der Waals surface area contributed by atoms with Crippen molar-refractivity contribution in [3.8, 4) is 0 Å². The molecule has 0 aromatic carbocycles. The third kappa shape index (κ3) is 2.54. The first kappa shape index (κ1) is 12.0. The summed E-state index contributed by atoms with van der Waals surface area (Å²) in [5.41, 5.74) is 0.368. The van der Waals surface area contributed by atoms with Gasteiger partial charge in [-0.2, -0.15) is 0 Å². The Bertz CT molecular complexity index is 595. The number of hydrogen-bond donors (Lipinski definition) is 0. The van der Waals surface area contributed by atoms with Crippen molar-refractivity contribution >= 4 is 5.91 Å². The predicted octanol–water partition coefficient (Wildman–Crippen LogP) is 2.73. The molecule has 19 heavy (non-hydrogen) atoms. The van der Waals surface area contributed by atoms with Crippen LogP contribution >= 0.6 is 0 Å². The molecule has 3 rings (SSSR count). The maximum atomic E-state index is 12.2. The van der Waals surface area contributed by atoms with Crippen molar-refractivity contribution < 1.29 is 13.7 Å². The third-order valence-corrected chi connectivity index (χ3v) is 3.26. The smallest absolute Gasteiger partial charge is 0.276 e. The summed E-state index contributed by atoms with van der Waals surface area (Å²) in [4.78, 5) is 13.8. The van der Waals surface area contributed by atoms with Gasteiger partial charge in [-0.3, -0.25) is 4.79 Å². The molecule has 5 heteroatoms. The Morgan fingerprint density at radius 3 is 2.89 bits per heavy atom. The fourth-order valence-electron chi connectivity index (χ4n) is 2.02. The number of nitrogens with zero attached hydrogens (tertiary/aromatic N) is 2. The first-order valence-electron chi connectivity index (χ1n) is 6.41. The number of carbonyl (C=O) groups excluding carboxylic acids is 1. The maximum Gasteiger partial charge on any atom is 0.276 e. The predicted molar refractivity (Wildman–Crippen MR) is 67.7 cm³/mol. The third-order valence-electron chi connectivity index (χ3n) is 3.26. The zero-order chi connectivity index (χ0) is 13.4. The Balaban J connectivity index is 1.67. The number of aryl methyl sites for hydroxylation is 1. The van der Waals surface area contributed by atoms with Crippen molar-refractivity contribution in [2.75, 3.05) is 7.05 Å². The van der Waals surface area contributed by atoms with Crippen LogP contribution in [0.4, 0.5) is 0 Å². The molecule has 2 heterocycles. The fourth-order valence-corrected chi connectivity index (χ4v) is 2.02. The van der Waals surface area contributed by atoms with Gasteiger partial charge in [0.1, 0.15) is 17.3 Å². The van der Waals surface area contributed by atoms with Gasteiger partial charge in [0.25, 0.3) is 5.91 Å². The van der Waals surface area contributed by atoms with Crippen molar-refractivity contribution in [1.82, 2.24) is 10.1 Å². The normalized spacial score (nSPS) is 14.6. The average molecular weight is 260 g/mol. The Kier molecular flexibility index (Phi) is 2.89. The summed E-state index contributed by atoms with van der Waals surface area (Å²) in [6.07, 6.45) is 2.26. The van der Waals surface area contributed by atoms with E-state index in [1.54, 1.807) is 18.0 Å². The van der Waals surface area contributed by atoms with Crippen molar-refractivity contribution in [2.24, 2.45) is 0 Å². The average Bonchev–Trinajstić information content (AvgIpc) is 2.98. The van der Waals surface area contributed by atoms with Crippen LogP contribution in [0.5, 0.6) is 0 Å². The van der Waals surface area contributed by atoms with Crippen LogP contribution < -0.4 is 0 Å². The molecule has 1 fully saturated rings. The Morgan fingerprint density at radius 2 is 2.26 bits per heavy atom. The highest BCUT2D eigenvalue weighted by Gasteiger charge is 2.29. The second kappa shape index (κ2) is 4.57. The standard InChI is InChI=1S/C14H16N2O3/c1-9-3-6-11(18-9)8-16(2)14(17)12-7-13(19-15-12)10-4-5-10/h3,6-7,10H,4-5,8H2,1-2H3. The topological polar surface area (TPSA) is 59.5 Å². The molecule has 0 spiro atoms. The Morgan fingerprint density at radius 1 is 1.47 bits per heavy atom. The first-order valence-corrected chi connectivity index (χ1v) is 6.41. The van der Waals surface area contributed by atoms with Gasteiger partial charge in [-0.05, 0) is 31.9 Å². The van der Waals surface area contributed by atoms with Crippen molar-refractivity contribution in [2.45, 2.75) is 32.2 Å². The van der Waals surface area contributed by atoms with Gasteiger partial charge >= 0.3 is 0 Å². The number of amides is 1. The van der Waals surface area contributed by atoms with E-state index in [2.05, 4.69) is 5.16 Å². The summed E-state index contributed by atoms with van der Waals surface area (Å²) in [5.74, 6) is 2.75. The van der Waals surface area contributed by atoms with Gasteiger partial charge in [-0.25, -0.2) is 0 Å². The highest BCUT2D eigenvalue weighted by atomic mass is 16.5. The summed E-state index contributed by atoms with van der Waals surface area (Å²) in [7, 11) is 1.73. The number of carbonyl (C=O) groups is 1. The molecule has 2 aromatic heterocycles. The van der Waals surface area contributed by atoms with Crippen molar-refractivity contribution in [3.05, 3.63) is 41.2 Å². The van der Waals surface area contributed by atoms with Gasteiger partial charge in [0.15, 0.2) is 5.69 Å². The SMILES string of the molecule is Cc1ccc(CN(C)C(=O)c2cc(C3CC3)on2)o1. The van der Waals surface area contributed by atoms with Gasteiger partial charge in [0.2, 0.25) is 0 Å². The minimum Gasteiger partial charge on any atom is -0.464 e. The lowest BCUT2D eigenvalue weighted by atomic mass is 10.2. The van der Waals surface area contributed by atoms with Gasteiger partial charge in [-0.15, -0.1) is 0 Å². The first-order chi connectivity index (χ1) is 9.13. The molecule has 1 saturated carbocycles.